The van der Waals surface area contributed by atoms with Gasteiger partial charge in [0.2, 0.25) is 0 Å². The Balaban J connectivity index is 1.08. The number of furan rings is 1. The third kappa shape index (κ3) is 4.95. The Kier molecular flexibility index (Phi) is 7.07. The normalized spacial score (nSPS) is 16.8. The van der Waals surface area contributed by atoms with Crippen LogP contribution in [0.3, 0.4) is 0 Å². The van der Waals surface area contributed by atoms with Crippen LogP contribution in [0.1, 0.15) is 42.1 Å². The fourth-order valence-corrected chi connectivity index (χ4v) is 9.27. The van der Waals surface area contributed by atoms with Gasteiger partial charge in [-0.15, -0.1) is 0 Å². The lowest BCUT2D eigenvalue weighted by Gasteiger charge is -2.42. The van der Waals surface area contributed by atoms with Crippen LogP contribution in [0.25, 0.3) is 55.0 Å². The predicted molar refractivity (Wildman–Crippen MR) is 228 cm³/mol. The highest BCUT2D eigenvalue weighted by Crippen LogP contribution is 2.50. The minimum Gasteiger partial charge on any atom is -0.455 e. The zero-order chi connectivity index (χ0) is 36.7. The molecule has 0 amide bonds. The van der Waals surface area contributed by atoms with Crippen molar-refractivity contribution in [1.82, 2.24) is 5.32 Å². The molecule has 55 heavy (non-hydrogen) atoms. The molecule has 11 rings (SSSR count). The number of nitrogens with zero attached hydrogens (tertiary/aromatic N) is 1. The van der Waals surface area contributed by atoms with Gasteiger partial charge in [-0.2, -0.15) is 0 Å². The van der Waals surface area contributed by atoms with Crippen molar-refractivity contribution in [2.45, 2.75) is 31.6 Å². The summed E-state index contributed by atoms with van der Waals surface area (Å²) in [5.41, 5.74) is 15.1. The average Bonchev–Trinajstić information content (AvgIpc) is 3.74. The second-order valence-corrected chi connectivity index (χ2v) is 15.4. The Morgan fingerprint density at radius 1 is 0.545 bits per heavy atom. The number of benzene rings is 8. The number of nitrogens with one attached hydrogen (secondary N) is 2. The molecule has 0 saturated carbocycles. The summed E-state index contributed by atoms with van der Waals surface area (Å²) in [7, 11) is 0. The highest BCUT2D eigenvalue weighted by molar-refractivity contribution is 6.16. The molecule has 8 aromatic carbocycles. The van der Waals surface area contributed by atoms with Gasteiger partial charge in [0.05, 0.1) is 6.04 Å². The van der Waals surface area contributed by atoms with Gasteiger partial charge < -0.3 is 14.6 Å². The van der Waals surface area contributed by atoms with Crippen LogP contribution in [0.15, 0.2) is 180 Å². The molecular formula is C51H39N3O. The first-order valence-corrected chi connectivity index (χ1v) is 19.2. The van der Waals surface area contributed by atoms with Crippen LogP contribution in [0.5, 0.6) is 0 Å². The summed E-state index contributed by atoms with van der Waals surface area (Å²) < 4.78 is 6.68. The minimum atomic E-state index is -0.290. The second-order valence-electron chi connectivity index (χ2n) is 15.4. The van der Waals surface area contributed by atoms with E-state index in [1.54, 1.807) is 0 Å². The molecular weight excluding hydrogens is 671 g/mol. The highest BCUT2D eigenvalue weighted by atomic mass is 16.3. The first-order chi connectivity index (χ1) is 27.0. The molecule has 2 N–H and O–H groups in total. The molecule has 4 nitrogen and oxygen atoms in total. The SMILES string of the molecule is CC1(C)c2ccccc2-c2ccc(N(c3ccc(-c4ccccc4)cc3)C3Nc4ccccc4C(c4cccc5oc6c7ccccc7ccc6c45)N3)cc21. The lowest BCUT2D eigenvalue weighted by atomic mass is 9.82. The maximum absolute atomic E-state index is 6.68. The summed E-state index contributed by atoms with van der Waals surface area (Å²) in [6.07, 6.45) is -0.290. The van der Waals surface area contributed by atoms with Crippen molar-refractivity contribution in [3.8, 4) is 22.3 Å². The standard InChI is InChI=1S/C51H39N3O/c1-51(2)43-20-10-8-17-38(43)39-30-28-36(31-44(39)51)54(35-26-23-33(24-27-35)32-13-4-3-5-14-32)50-52-45-21-11-9-18-40(45)48(53-50)41-19-12-22-46-47(41)42-29-25-34-15-6-7-16-37(34)49(42)55-46/h3-31,48,50,52-53H,1-2H3. The van der Waals surface area contributed by atoms with Crippen molar-refractivity contribution < 1.29 is 4.42 Å². The first kappa shape index (κ1) is 31.9. The maximum Gasteiger partial charge on any atom is 0.160 e. The molecule has 0 fully saturated rings. The molecule has 0 radical (unpaired) electrons. The minimum absolute atomic E-state index is 0.125. The van der Waals surface area contributed by atoms with Gasteiger partial charge in [0.25, 0.3) is 0 Å². The fourth-order valence-electron chi connectivity index (χ4n) is 9.27. The van der Waals surface area contributed by atoms with Crippen molar-refractivity contribution in [2.24, 2.45) is 0 Å². The van der Waals surface area contributed by atoms with Crippen LogP contribution in [0.2, 0.25) is 0 Å². The summed E-state index contributed by atoms with van der Waals surface area (Å²) >= 11 is 0. The van der Waals surface area contributed by atoms with E-state index in [1.807, 2.05) is 0 Å². The lowest BCUT2D eigenvalue weighted by Crippen LogP contribution is -2.53. The van der Waals surface area contributed by atoms with Gasteiger partial charge in [-0.1, -0.05) is 147 Å². The Hall–Kier alpha value is -6.62. The number of fused-ring (bicyclic) bond motifs is 9. The third-order valence-electron chi connectivity index (χ3n) is 12.0. The Morgan fingerprint density at radius 3 is 2.15 bits per heavy atom. The summed E-state index contributed by atoms with van der Waals surface area (Å²) in [5.74, 6) is 0. The molecule has 0 spiro atoms. The smallest absolute Gasteiger partial charge is 0.160 e. The molecule has 1 aromatic heterocycles. The zero-order valence-electron chi connectivity index (χ0n) is 30.8. The van der Waals surface area contributed by atoms with Crippen LogP contribution in [-0.4, -0.2) is 6.29 Å². The van der Waals surface area contributed by atoms with Crippen molar-refractivity contribution in [2.75, 3.05) is 10.2 Å². The summed E-state index contributed by atoms with van der Waals surface area (Å²) in [6.45, 7) is 4.70. The largest absolute Gasteiger partial charge is 0.455 e. The zero-order valence-corrected chi connectivity index (χ0v) is 30.8. The first-order valence-electron chi connectivity index (χ1n) is 19.2. The van der Waals surface area contributed by atoms with Crippen LogP contribution >= 0.6 is 0 Å². The van der Waals surface area contributed by atoms with E-state index in [0.717, 1.165) is 44.4 Å². The molecule has 4 heteroatoms. The van der Waals surface area contributed by atoms with Crippen LogP contribution in [-0.2, 0) is 5.41 Å². The van der Waals surface area contributed by atoms with Crippen molar-refractivity contribution in [1.29, 1.82) is 0 Å². The molecule has 2 aliphatic rings. The van der Waals surface area contributed by atoms with E-state index in [0.29, 0.717) is 0 Å². The molecule has 2 unspecified atom stereocenters. The molecule has 2 atom stereocenters. The van der Waals surface area contributed by atoms with E-state index in [4.69, 9.17) is 4.42 Å². The van der Waals surface area contributed by atoms with Crippen LogP contribution in [0, 0.1) is 0 Å². The monoisotopic (exact) mass is 709 g/mol. The van der Waals surface area contributed by atoms with Crippen molar-refractivity contribution in [3.05, 3.63) is 198 Å². The van der Waals surface area contributed by atoms with E-state index in [-0.39, 0.29) is 17.7 Å². The van der Waals surface area contributed by atoms with Crippen molar-refractivity contribution in [3.63, 3.8) is 0 Å². The van der Waals surface area contributed by atoms with Gasteiger partial charge in [-0.25, -0.2) is 0 Å². The van der Waals surface area contributed by atoms with Gasteiger partial charge >= 0.3 is 0 Å². The van der Waals surface area contributed by atoms with Gasteiger partial charge in [0, 0.05) is 38.6 Å². The number of para-hydroxylation sites is 1. The fraction of sp³-hybridized carbons (Fsp3) is 0.0980. The van der Waals surface area contributed by atoms with Gasteiger partial charge in [0.15, 0.2) is 6.29 Å². The van der Waals surface area contributed by atoms with Gasteiger partial charge in [0.1, 0.15) is 11.2 Å². The van der Waals surface area contributed by atoms with Gasteiger partial charge in [-0.05, 0) is 92.4 Å². The summed E-state index contributed by atoms with van der Waals surface area (Å²) in [5, 5.41) is 12.7. The van der Waals surface area contributed by atoms with E-state index >= 15 is 0 Å². The lowest BCUT2D eigenvalue weighted by molar-refractivity contribution is 0.496. The Labute approximate surface area is 320 Å². The quantitative estimate of drug-likeness (QED) is 0.187. The molecule has 0 bridgehead atoms. The number of hydrogen-bond donors (Lipinski definition) is 2. The maximum atomic E-state index is 6.68. The van der Waals surface area contributed by atoms with Crippen LogP contribution < -0.4 is 15.5 Å². The second kappa shape index (κ2) is 12.2. The summed E-state index contributed by atoms with van der Waals surface area (Å²) in [6, 6.07) is 63.4. The molecule has 9 aromatic rings. The molecule has 1 aliphatic heterocycles. The van der Waals surface area contributed by atoms with E-state index in [2.05, 4.69) is 205 Å². The Morgan fingerprint density at radius 2 is 1.25 bits per heavy atom. The predicted octanol–water partition coefficient (Wildman–Crippen LogP) is 12.9. The number of anilines is 3. The highest BCUT2D eigenvalue weighted by Gasteiger charge is 2.37. The van der Waals surface area contributed by atoms with E-state index in [9.17, 15) is 0 Å². The topological polar surface area (TPSA) is 40.4 Å². The Bertz CT molecular complexity index is 2930. The van der Waals surface area contributed by atoms with Crippen LogP contribution in [0.4, 0.5) is 17.1 Å². The molecule has 0 saturated heterocycles. The van der Waals surface area contributed by atoms with E-state index in [1.165, 1.54) is 49.9 Å². The molecule has 2 heterocycles. The third-order valence-corrected chi connectivity index (χ3v) is 12.0. The van der Waals surface area contributed by atoms with E-state index < -0.39 is 0 Å². The van der Waals surface area contributed by atoms with Crippen molar-refractivity contribution >= 4 is 49.8 Å². The molecule has 264 valence electrons. The molecule has 1 aliphatic carbocycles. The number of rotatable bonds is 5. The number of hydrogen-bond acceptors (Lipinski definition) is 4. The average molecular weight is 710 g/mol. The van der Waals surface area contributed by atoms with Gasteiger partial charge in [-0.3, -0.25) is 5.32 Å². The summed E-state index contributed by atoms with van der Waals surface area (Å²) in [4.78, 5) is 2.43.